The van der Waals surface area contributed by atoms with Crippen LogP contribution in [-0.2, 0) is 18.9 Å². The fraction of sp³-hybridized carbons (Fsp3) is 1.00. The van der Waals surface area contributed by atoms with Crippen molar-refractivity contribution in [3.8, 4) is 0 Å². The maximum absolute atomic E-state index is 6.38. The Balaban J connectivity index is 2.19. The zero-order valence-corrected chi connectivity index (χ0v) is 13.4. The molecule has 0 aliphatic carbocycles. The lowest BCUT2D eigenvalue weighted by molar-refractivity contribution is -0.125. The first kappa shape index (κ1) is 16.3. The van der Waals surface area contributed by atoms with Crippen LogP contribution in [0, 0.1) is 0 Å². The highest BCUT2D eigenvalue weighted by Crippen LogP contribution is 2.46. The molecule has 0 aromatic heterocycles. The van der Waals surface area contributed by atoms with Gasteiger partial charge in [0.15, 0.2) is 0 Å². The minimum absolute atomic E-state index is 0.300. The van der Waals surface area contributed by atoms with Crippen LogP contribution in [0.3, 0.4) is 0 Å². The van der Waals surface area contributed by atoms with E-state index < -0.39 is 23.2 Å². The van der Waals surface area contributed by atoms with E-state index >= 15 is 0 Å². The third kappa shape index (κ3) is 2.80. The first-order chi connectivity index (χ1) is 8.87. The highest BCUT2D eigenvalue weighted by molar-refractivity contribution is 6.27. The van der Waals surface area contributed by atoms with Gasteiger partial charge in [-0.05, 0) is 41.5 Å². The van der Waals surface area contributed by atoms with Gasteiger partial charge in [0, 0.05) is 0 Å². The van der Waals surface area contributed by atoms with Gasteiger partial charge in [-0.2, -0.15) is 0 Å². The van der Waals surface area contributed by atoms with E-state index in [0.717, 1.165) is 0 Å². The van der Waals surface area contributed by atoms with E-state index in [9.17, 15) is 0 Å². The average molecular weight is 278 g/mol. The molecule has 0 N–H and O–H groups in total. The van der Waals surface area contributed by atoms with Gasteiger partial charge in [0.2, 0.25) is 0 Å². The van der Waals surface area contributed by atoms with Crippen LogP contribution in [0.2, 0.25) is 0 Å². The van der Waals surface area contributed by atoms with Crippen molar-refractivity contribution in [1.29, 1.82) is 0 Å². The van der Waals surface area contributed by atoms with Gasteiger partial charge in [0.1, 0.15) is 27.9 Å². The van der Waals surface area contributed by atoms with Gasteiger partial charge >= 0.3 is 0 Å². The minimum Gasteiger partial charge on any atom is -0.377 e. The van der Waals surface area contributed by atoms with Crippen LogP contribution in [0.25, 0.3) is 0 Å². The second kappa shape index (κ2) is 4.73. The molecular formula is C14H24B2O4. The molecule has 0 amide bonds. The summed E-state index contributed by atoms with van der Waals surface area (Å²) in [6.45, 7) is 12.4. The molecule has 4 radical (unpaired) electrons. The van der Waals surface area contributed by atoms with Crippen LogP contribution < -0.4 is 0 Å². The Morgan fingerprint density at radius 3 is 1.35 bits per heavy atom. The summed E-state index contributed by atoms with van der Waals surface area (Å²) in [7, 11) is 12.8. The fourth-order valence-corrected chi connectivity index (χ4v) is 2.69. The Bertz CT molecular complexity index is 340. The van der Waals surface area contributed by atoms with Crippen molar-refractivity contribution in [2.24, 2.45) is 0 Å². The Hall–Kier alpha value is -0.0301. The minimum atomic E-state index is -1.18. The second-order valence-electron chi connectivity index (χ2n) is 7.65. The average Bonchev–Trinajstić information content (AvgIpc) is 2.60. The molecule has 2 aliphatic heterocycles. The topological polar surface area (TPSA) is 36.9 Å². The molecule has 2 saturated heterocycles. The standard InChI is InChI=1S/C14H24B2O4/c1-11(2,3)19-9-7-17-14(16)10(20-12(4,5)6)8-18-13(9,14)15/h9-10H,7-8H2,1-6H3/t9-,10?,13+,14+/m0/s1. The lowest BCUT2D eigenvalue weighted by Gasteiger charge is -2.41. The summed E-state index contributed by atoms with van der Waals surface area (Å²) in [6, 6.07) is 0. The van der Waals surface area contributed by atoms with Gasteiger partial charge < -0.3 is 18.9 Å². The highest BCUT2D eigenvalue weighted by Gasteiger charge is 2.65. The van der Waals surface area contributed by atoms with Crippen LogP contribution in [0.4, 0.5) is 0 Å². The molecule has 2 heterocycles. The zero-order chi connectivity index (χ0) is 15.4. The molecule has 6 heteroatoms. The molecule has 0 aromatic carbocycles. The molecule has 4 atom stereocenters. The zero-order valence-electron chi connectivity index (χ0n) is 13.4. The van der Waals surface area contributed by atoms with Gasteiger partial charge in [-0.3, -0.25) is 0 Å². The Morgan fingerprint density at radius 2 is 1.10 bits per heavy atom. The number of fused-ring (bicyclic) bond motifs is 1. The summed E-state index contributed by atoms with van der Waals surface area (Å²) in [5.74, 6) is 0. The Morgan fingerprint density at radius 1 is 0.800 bits per heavy atom. The maximum Gasteiger partial charge on any atom is 0.120 e. The van der Waals surface area contributed by atoms with E-state index in [-0.39, 0.29) is 11.2 Å². The molecule has 110 valence electrons. The fourth-order valence-electron chi connectivity index (χ4n) is 2.69. The molecule has 2 rings (SSSR count). The first-order valence-electron chi connectivity index (χ1n) is 7.09. The summed E-state index contributed by atoms with van der Waals surface area (Å²) in [5.41, 5.74) is -3.07. The summed E-state index contributed by atoms with van der Waals surface area (Å²) in [4.78, 5) is 0. The van der Waals surface area contributed by atoms with Crippen molar-refractivity contribution in [3.05, 3.63) is 0 Å². The van der Waals surface area contributed by atoms with Crippen molar-refractivity contribution in [1.82, 2.24) is 0 Å². The van der Waals surface area contributed by atoms with Crippen molar-refractivity contribution >= 4 is 15.7 Å². The van der Waals surface area contributed by atoms with E-state index in [1.54, 1.807) is 0 Å². The summed E-state index contributed by atoms with van der Waals surface area (Å²) in [5, 5.41) is 0. The molecule has 2 fully saturated rings. The van der Waals surface area contributed by atoms with Crippen molar-refractivity contribution < 1.29 is 18.9 Å². The number of rotatable bonds is 2. The molecule has 1 unspecified atom stereocenters. The third-order valence-electron chi connectivity index (χ3n) is 3.51. The van der Waals surface area contributed by atoms with Crippen LogP contribution in [0.1, 0.15) is 41.5 Å². The summed E-state index contributed by atoms with van der Waals surface area (Å²) < 4.78 is 23.4. The predicted octanol–water partition coefficient (Wildman–Crippen LogP) is 1.14. The summed E-state index contributed by atoms with van der Waals surface area (Å²) >= 11 is 0. The lowest BCUT2D eigenvalue weighted by Crippen LogP contribution is -2.61. The number of ether oxygens (including phenoxy) is 4. The third-order valence-corrected chi connectivity index (χ3v) is 3.51. The normalized spacial score (nSPS) is 41.9. The largest absolute Gasteiger partial charge is 0.377 e. The molecule has 0 bridgehead atoms. The van der Waals surface area contributed by atoms with E-state index in [2.05, 4.69) is 0 Å². The molecule has 20 heavy (non-hydrogen) atoms. The Kier molecular flexibility index (Phi) is 3.87. The number of hydrogen-bond acceptors (Lipinski definition) is 4. The van der Waals surface area contributed by atoms with Crippen LogP contribution >= 0.6 is 0 Å². The van der Waals surface area contributed by atoms with E-state index in [1.807, 2.05) is 41.5 Å². The van der Waals surface area contributed by atoms with Gasteiger partial charge in [-0.25, -0.2) is 0 Å². The molecule has 4 nitrogen and oxygen atoms in total. The van der Waals surface area contributed by atoms with Crippen LogP contribution in [0.5, 0.6) is 0 Å². The Labute approximate surface area is 124 Å². The van der Waals surface area contributed by atoms with Gasteiger partial charge in [-0.15, -0.1) is 0 Å². The summed E-state index contributed by atoms with van der Waals surface area (Å²) in [6.07, 6.45) is -0.831. The molecular weight excluding hydrogens is 254 g/mol. The molecule has 0 saturated carbocycles. The molecule has 2 aliphatic rings. The maximum atomic E-state index is 6.38. The van der Waals surface area contributed by atoms with Crippen LogP contribution in [-0.4, -0.2) is 63.3 Å². The second-order valence-corrected chi connectivity index (χ2v) is 7.65. The highest BCUT2D eigenvalue weighted by atomic mass is 16.7. The van der Waals surface area contributed by atoms with Gasteiger partial charge in [0.05, 0.1) is 35.4 Å². The predicted molar refractivity (Wildman–Crippen MR) is 78.1 cm³/mol. The quantitative estimate of drug-likeness (QED) is 0.710. The first-order valence-corrected chi connectivity index (χ1v) is 7.09. The van der Waals surface area contributed by atoms with Crippen molar-refractivity contribution in [2.75, 3.05) is 13.2 Å². The van der Waals surface area contributed by atoms with E-state index in [0.29, 0.717) is 13.2 Å². The smallest absolute Gasteiger partial charge is 0.120 e. The van der Waals surface area contributed by atoms with Crippen LogP contribution in [0.15, 0.2) is 0 Å². The van der Waals surface area contributed by atoms with Gasteiger partial charge in [0.25, 0.3) is 0 Å². The van der Waals surface area contributed by atoms with E-state index in [4.69, 9.17) is 34.6 Å². The van der Waals surface area contributed by atoms with E-state index in [1.165, 1.54) is 0 Å². The lowest BCUT2D eigenvalue weighted by atomic mass is 9.57. The van der Waals surface area contributed by atoms with Crippen molar-refractivity contribution in [3.63, 3.8) is 0 Å². The SMILES string of the molecule is [B][C@]12OC[C@H](OC(C)(C)C)[C@@]1([B])OCC2OC(C)(C)C. The van der Waals surface area contributed by atoms with Crippen molar-refractivity contribution in [2.45, 2.75) is 76.0 Å². The number of hydrogen-bond donors (Lipinski definition) is 0. The van der Waals surface area contributed by atoms with Gasteiger partial charge in [-0.1, -0.05) is 0 Å². The monoisotopic (exact) mass is 278 g/mol. The molecule has 0 aromatic rings. The molecule has 0 spiro atoms.